The molecule has 0 spiro atoms. The molecule has 5 nitrogen and oxygen atoms in total. The Morgan fingerprint density at radius 1 is 1.36 bits per heavy atom. The standard InChI is InChI=1S/C17H20N2O3/c1-4-18(11-13(2)3)12-16-8-9-17(22-16)14-6-5-7-15(10-14)19(20)21/h5-10H,2,4,11-12H2,1,3H3/p+1. The van der Waals surface area contributed by atoms with Crippen molar-refractivity contribution in [2.75, 3.05) is 13.1 Å². The van der Waals surface area contributed by atoms with Gasteiger partial charge in [-0.05, 0) is 31.6 Å². The molecule has 0 aliphatic heterocycles. The lowest BCUT2D eigenvalue weighted by Crippen LogP contribution is -3.10. The van der Waals surface area contributed by atoms with Crippen LogP contribution in [0.1, 0.15) is 19.6 Å². The maximum absolute atomic E-state index is 10.8. The number of quaternary nitrogens is 1. The normalized spacial score (nSPS) is 12.1. The lowest BCUT2D eigenvalue weighted by Gasteiger charge is -2.16. The van der Waals surface area contributed by atoms with Crippen LogP contribution < -0.4 is 4.90 Å². The Morgan fingerprint density at radius 2 is 2.14 bits per heavy atom. The molecule has 1 N–H and O–H groups in total. The molecule has 2 aromatic rings. The van der Waals surface area contributed by atoms with Crippen LogP contribution in [0.4, 0.5) is 5.69 Å². The number of nitro benzene ring substituents is 1. The predicted molar refractivity (Wildman–Crippen MR) is 85.7 cm³/mol. The summed E-state index contributed by atoms with van der Waals surface area (Å²) in [4.78, 5) is 11.8. The molecule has 0 saturated heterocycles. The van der Waals surface area contributed by atoms with E-state index in [1.54, 1.807) is 6.07 Å². The van der Waals surface area contributed by atoms with Gasteiger partial charge in [-0.1, -0.05) is 18.7 Å². The number of nitrogens with zero attached hydrogens (tertiary/aromatic N) is 1. The number of hydrogen-bond acceptors (Lipinski definition) is 3. The van der Waals surface area contributed by atoms with Crippen LogP contribution in [0.3, 0.4) is 0 Å². The maximum atomic E-state index is 10.8. The van der Waals surface area contributed by atoms with E-state index in [-0.39, 0.29) is 5.69 Å². The van der Waals surface area contributed by atoms with Gasteiger partial charge in [-0.15, -0.1) is 0 Å². The average molecular weight is 301 g/mol. The highest BCUT2D eigenvalue weighted by molar-refractivity contribution is 5.61. The number of nitro groups is 1. The van der Waals surface area contributed by atoms with Gasteiger partial charge in [-0.3, -0.25) is 10.1 Å². The second-order valence-electron chi connectivity index (χ2n) is 5.49. The van der Waals surface area contributed by atoms with Crippen molar-refractivity contribution in [3.05, 3.63) is 64.4 Å². The summed E-state index contributed by atoms with van der Waals surface area (Å²) < 4.78 is 5.85. The molecule has 1 aromatic carbocycles. The highest BCUT2D eigenvalue weighted by atomic mass is 16.6. The lowest BCUT2D eigenvalue weighted by molar-refractivity contribution is -0.908. The van der Waals surface area contributed by atoms with Crippen LogP contribution in [-0.2, 0) is 6.54 Å². The van der Waals surface area contributed by atoms with Crippen molar-refractivity contribution < 1.29 is 14.2 Å². The van der Waals surface area contributed by atoms with Gasteiger partial charge in [-0.2, -0.15) is 0 Å². The maximum Gasteiger partial charge on any atom is 0.270 e. The van der Waals surface area contributed by atoms with Crippen molar-refractivity contribution in [2.45, 2.75) is 20.4 Å². The molecular weight excluding hydrogens is 280 g/mol. The molecule has 0 radical (unpaired) electrons. The fraction of sp³-hybridized carbons (Fsp3) is 0.294. The van der Waals surface area contributed by atoms with Gasteiger partial charge in [-0.25, -0.2) is 0 Å². The third kappa shape index (κ3) is 4.05. The molecule has 1 heterocycles. The number of hydrogen-bond donors (Lipinski definition) is 1. The predicted octanol–water partition coefficient (Wildman–Crippen LogP) is 2.84. The van der Waals surface area contributed by atoms with Gasteiger partial charge < -0.3 is 9.32 Å². The van der Waals surface area contributed by atoms with E-state index in [1.807, 2.05) is 25.1 Å². The van der Waals surface area contributed by atoms with Crippen LogP contribution in [0.5, 0.6) is 0 Å². The molecule has 1 unspecified atom stereocenters. The summed E-state index contributed by atoms with van der Waals surface area (Å²) in [6.07, 6.45) is 0. The second-order valence-corrected chi connectivity index (χ2v) is 5.49. The molecule has 22 heavy (non-hydrogen) atoms. The van der Waals surface area contributed by atoms with Gasteiger partial charge in [0.05, 0.1) is 18.0 Å². The highest BCUT2D eigenvalue weighted by Crippen LogP contribution is 2.25. The third-order valence-corrected chi connectivity index (χ3v) is 3.48. The highest BCUT2D eigenvalue weighted by Gasteiger charge is 2.13. The fourth-order valence-electron chi connectivity index (χ4n) is 2.39. The first-order valence-electron chi connectivity index (χ1n) is 7.31. The molecule has 0 bridgehead atoms. The molecule has 0 amide bonds. The Bertz CT molecular complexity index is 676. The van der Waals surface area contributed by atoms with E-state index in [1.165, 1.54) is 17.0 Å². The Morgan fingerprint density at radius 3 is 2.77 bits per heavy atom. The monoisotopic (exact) mass is 301 g/mol. The molecule has 1 aromatic heterocycles. The molecule has 5 heteroatoms. The summed E-state index contributed by atoms with van der Waals surface area (Å²) in [5, 5.41) is 10.8. The SMILES string of the molecule is C=C(C)C[NH+](CC)Cc1ccc(-c2cccc([N+](=O)[O-])c2)o1. The topological polar surface area (TPSA) is 60.7 Å². The summed E-state index contributed by atoms with van der Waals surface area (Å²) in [7, 11) is 0. The Labute approximate surface area is 130 Å². The number of non-ortho nitro benzene ring substituents is 1. The van der Waals surface area contributed by atoms with Crippen molar-refractivity contribution in [3.8, 4) is 11.3 Å². The van der Waals surface area contributed by atoms with E-state index < -0.39 is 4.92 Å². The van der Waals surface area contributed by atoms with Crippen LogP contribution in [0.15, 0.2) is 53.0 Å². The smallest absolute Gasteiger partial charge is 0.270 e. The first-order chi connectivity index (χ1) is 10.5. The van der Waals surface area contributed by atoms with E-state index in [9.17, 15) is 10.1 Å². The van der Waals surface area contributed by atoms with Crippen molar-refractivity contribution in [2.24, 2.45) is 0 Å². The average Bonchev–Trinajstić information content (AvgIpc) is 2.94. The largest absolute Gasteiger partial charge is 0.455 e. The number of likely N-dealkylation sites (N-methyl/N-ethyl adjacent to an activating group) is 1. The van der Waals surface area contributed by atoms with Gasteiger partial charge in [0.25, 0.3) is 5.69 Å². The Balaban J connectivity index is 2.15. The minimum atomic E-state index is -0.400. The Hall–Kier alpha value is -2.40. The minimum absolute atomic E-state index is 0.0681. The van der Waals surface area contributed by atoms with Crippen LogP contribution in [0, 0.1) is 10.1 Å². The first kappa shape index (κ1) is 16.0. The van der Waals surface area contributed by atoms with Gasteiger partial charge in [0.15, 0.2) is 5.76 Å². The summed E-state index contributed by atoms with van der Waals surface area (Å²) in [5.74, 6) is 1.53. The number of furan rings is 1. The van der Waals surface area contributed by atoms with Crippen molar-refractivity contribution >= 4 is 5.69 Å². The van der Waals surface area contributed by atoms with E-state index in [0.717, 1.165) is 36.5 Å². The van der Waals surface area contributed by atoms with E-state index >= 15 is 0 Å². The number of benzene rings is 1. The van der Waals surface area contributed by atoms with Gasteiger partial charge in [0.1, 0.15) is 12.3 Å². The minimum Gasteiger partial charge on any atom is -0.455 e. The zero-order valence-corrected chi connectivity index (χ0v) is 13.0. The van der Waals surface area contributed by atoms with Crippen LogP contribution in [-0.4, -0.2) is 18.0 Å². The summed E-state index contributed by atoms with van der Waals surface area (Å²) in [6, 6.07) is 10.3. The Kier molecular flexibility index (Phi) is 5.12. The first-order valence-corrected chi connectivity index (χ1v) is 7.31. The van der Waals surface area contributed by atoms with Gasteiger partial charge in [0, 0.05) is 17.7 Å². The number of rotatable bonds is 7. The molecule has 0 aliphatic rings. The van der Waals surface area contributed by atoms with Gasteiger partial charge >= 0.3 is 0 Å². The molecular formula is C17H21N2O3+. The van der Waals surface area contributed by atoms with Crippen LogP contribution in [0.2, 0.25) is 0 Å². The molecule has 1 atom stereocenters. The zero-order chi connectivity index (χ0) is 16.1. The van der Waals surface area contributed by atoms with Crippen LogP contribution in [0.25, 0.3) is 11.3 Å². The molecule has 116 valence electrons. The van der Waals surface area contributed by atoms with Crippen LogP contribution >= 0.6 is 0 Å². The second kappa shape index (κ2) is 7.04. The molecule has 2 rings (SSSR count). The van der Waals surface area contributed by atoms with Crippen molar-refractivity contribution in [1.82, 2.24) is 0 Å². The molecule has 0 aliphatic carbocycles. The van der Waals surface area contributed by atoms with Crippen molar-refractivity contribution in [1.29, 1.82) is 0 Å². The van der Waals surface area contributed by atoms with E-state index in [2.05, 4.69) is 13.5 Å². The van der Waals surface area contributed by atoms with Gasteiger partial charge in [0.2, 0.25) is 0 Å². The summed E-state index contributed by atoms with van der Waals surface area (Å²) in [6.45, 7) is 10.8. The quantitative estimate of drug-likeness (QED) is 0.486. The molecule has 0 saturated carbocycles. The van der Waals surface area contributed by atoms with E-state index in [4.69, 9.17) is 4.42 Å². The zero-order valence-electron chi connectivity index (χ0n) is 13.0. The molecule has 0 fully saturated rings. The summed E-state index contributed by atoms with van der Waals surface area (Å²) >= 11 is 0. The lowest BCUT2D eigenvalue weighted by atomic mass is 10.1. The summed E-state index contributed by atoms with van der Waals surface area (Å²) in [5.41, 5.74) is 1.93. The van der Waals surface area contributed by atoms with E-state index in [0.29, 0.717) is 5.76 Å². The number of nitrogens with one attached hydrogen (secondary N) is 1. The fourth-order valence-corrected chi connectivity index (χ4v) is 2.39. The van der Waals surface area contributed by atoms with Crippen molar-refractivity contribution in [3.63, 3.8) is 0 Å². The third-order valence-electron chi connectivity index (χ3n) is 3.48.